The summed E-state index contributed by atoms with van der Waals surface area (Å²) in [6.07, 6.45) is 1.71. The minimum absolute atomic E-state index is 0.00664. The molecule has 80 valence electrons. The van der Waals surface area contributed by atoms with E-state index in [0.29, 0.717) is 5.56 Å². The molecule has 0 bridgehead atoms. The molecule has 1 rings (SSSR count). The number of hydrogen-bond acceptors (Lipinski definition) is 3. The van der Waals surface area contributed by atoms with E-state index in [1.165, 1.54) is 0 Å². The molecule has 0 unspecified atom stereocenters. The first-order chi connectivity index (χ1) is 7.11. The topological polar surface area (TPSA) is 70.0 Å². The highest BCUT2D eigenvalue weighted by molar-refractivity contribution is 9.10. The number of hydrogen-bond donors (Lipinski definition) is 2. The van der Waals surface area contributed by atoms with Gasteiger partial charge < -0.3 is 10.8 Å². The lowest BCUT2D eigenvalue weighted by Crippen LogP contribution is -2.11. The van der Waals surface area contributed by atoms with Gasteiger partial charge in [0.2, 0.25) is 0 Å². The van der Waals surface area contributed by atoms with Crippen LogP contribution in [0.3, 0.4) is 0 Å². The molecule has 0 saturated heterocycles. The molecule has 0 amide bonds. The molecule has 0 fully saturated rings. The van der Waals surface area contributed by atoms with Crippen molar-refractivity contribution >= 4 is 15.9 Å². The zero-order chi connectivity index (χ0) is 11.4. The Bertz CT molecular complexity index is 398. The van der Waals surface area contributed by atoms with Crippen LogP contribution in [0.4, 0.5) is 0 Å². The summed E-state index contributed by atoms with van der Waals surface area (Å²) in [6.45, 7) is 2.03. The van der Waals surface area contributed by atoms with Crippen molar-refractivity contribution in [2.75, 3.05) is 0 Å². The van der Waals surface area contributed by atoms with Crippen molar-refractivity contribution in [1.29, 1.82) is 5.26 Å². The van der Waals surface area contributed by atoms with E-state index >= 15 is 0 Å². The predicted molar refractivity (Wildman–Crippen MR) is 62.4 cm³/mol. The first kappa shape index (κ1) is 12.0. The van der Waals surface area contributed by atoms with Crippen LogP contribution in [-0.2, 0) is 0 Å². The van der Waals surface area contributed by atoms with Crippen molar-refractivity contribution in [2.24, 2.45) is 5.73 Å². The lowest BCUT2D eigenvalue weighted by molar-refractivity contribution is 0.455. The molecule has 1 aromatic carbocycles. The van der Waals surface area contributed by atoms with Crippen molar-refractivity contribution < 1.29 is 5.11 Å². The van der Waals surface area contributed by atoms with Crippen molar-refractivity contribution in [3.05, 3.63) is 27.7 Å². The molecule has 1 atom stereocenters. The summed E-state index contributed by atoms with van der Waals surface area (Å²) >= 11 is 3.33. The minimum atomic E-state index is -0.238. The van der Waals surface area contributed by atoms with E-state index in [9.17, 15) is 5.11 Å². The third-order valence-electron chi connectivity index (χ3n) is 2.25. The molecule has 0 aliphatic carbocycles. The zero-order valence-electron chi connectivity index (χ0n) is 8.50. The summed E-state index contributed by atoms with van der Waals surface area (Å²) in [7, 11) is 0. The third-order valence-corrected chi connectivity index (χ3v) is 2.95. The Morgan fingerprint density at radius 2 is 2.27 bits per heavy atom. The van der Waals surface area contributed by atoms with Crippen LogP contribution in [0, 0.1) is 11.3 Å². The molecule has 1 aromatic rings. The normalized spacial score (nSPS) is 12.1. The van der Waals surface area contributed by atoms with Crippen molar-refractivity contribution in [2.45, 2.75) is 25.8 Å². The fourth-order valence-electron chi connectivity index (χ4n) is 1.48. The Morgan fingerprint density at radius 3 is 2.80 bits per heavy atom. The summed E-state index contributed by atoms with van der Waals surface area (Å²) in [5.74, 6) is -0.00664. The number of nitrogens with zero attached hydrogens (tertiary/aromatic N) is 1. The molecular formula is C11H13BrN2O. The number of rotatable bonds is 3. The van der Waals surface area contributed by atoms with Gasteiger partial charge in [0.05, 0.1) is 5.56 Å². The van der Waals surface area contributed by atoms with E-state index in [-0.39, 0.29) is 17.4 Å². The monoisotopic (exact) mass is 268 g/mol. The molecule has 0 spiro atoms. The zero-order valence-corrected chi connectivity index (χ0v) is 10.1. The van der Waals surface area contributed by atoms with E-state index in [0.717, 1.165) is 17.3 Å². The van der Waals surface area contributed by atoms with E-state index < -0.39 is 0 Å². The number of nitriles is 1. The Hall–Kier alpha value is -1.05. The lowest BCUT2D eigenvalue weighted by atomic mass is 10.00. The molecule has 0 aromatic heterocycles. The van der Waals surface area contributed by atoms with Crippen LogP contribution in [-0.4, -0.2) is 5.11 Å². The van der Waals surface area contributed by atoms with Gasteiger partial charge >= 0.3 is 0 Å². The summed E-state index contributed by atoms with van der Waals surface area (Å²) in [5.41, 5.74) is 6.82. The number of benzene rings is 1. The van der Waals surface area contributed by atoms with Crippen LogP contribution in [0.2, 0.25) is 0 Å². The van der Waals surface area contributed by atoms with Gasteiger partial charge in [0, 0.05) is 16.1 Å². The van der Waals surface area contributed by atoms with Crippen LogP contribution < -0.4 is 5.73 Å². The van der Waals surface area contributed by atoms with Crippen LogP contribution in [0.15, 0.2) is 16.6 Å². The second-order valence-corrected chi connectivity index (χ2v) is 4.22. The van der Waals surface area contributed by atoms with Gasteiger partial charge in [-0.1, -0.05) is 29.3 Å². The fourth-order valence-corrected chi connectivity index (χ4v) is 2.10. The summed E-state index contributed by atoms with van der Waals surface area (Å²) in [4.78, 5) is 0. The molecule has 4 heteroatoms. The van der Waals surface area contributed by atoms with Gasteiger partial charge in [-0.05, 0) is 18.6 Å². The molecule has 0 radical (unpaired) electrons. The van der Waals surface area contributed by atoms with E-state index in [4.69, 9.17) is 11.0 Å². The quantitative estimate of drug-likeness (QED) is 0.886. The Kier molecular flexibility index (Phi) is 4.13. The van der Waals surface area contributed by atoms with Gasteiger partial charge in [-0.2, -0.15) is 5.26 Å². The molecule has 0 aliphatic rings. The van der Waals surface area contributed by atoms with Gasteiger partial charge in [-0.15, -0.1) is 0 Å². The highest BCUT2D eigenvalue weighted by Crippen LogP contribution is 2.34. The molecule has 0 heterocycles. The molecular weight excluding hydrogens is 256 g/mol. The van der Waals surface area contributed by atoms with E-state index in [2.05, 4.69) is 15.9 Å². The first-order valence-electron chi connectivity index (χ1n) is 4.78. The number of phenolic OH excluding ortho intramolecular Hbond substituents is 1. The average Bonchev–Trinajstić information content (AvgIpc) is 2.18. The van der Waals surface area contributed by atoms with Crippen molar-refractivity contribution in [3.8, 4) is 11.8 Å². The fraction of sp³-hybridized carbons (Fsp3) is 0.364. The second kappa shape index (κ2) is 5.15. The van der Waals surface area contributed by atoms with Crippen LogP contribution in [0.5, 0.6) is 5.75 Å². The van der Waals surface area contributed by atoms with Crippen LogP contribution in [0.1, 0.15) is 36.9 Å². The first-order valence-corrected chi connectivity index (χ1v) is 5.58. The lowest BCUT2D eigenvalue weighted by Gasteiger charge is -2.15. The maximum atomic E-state index is 9.83. The number of nitrogens with two attached hydrogens (primary N) is 1. The minimum Gasteiger partial charge on any atom is -0.506 e. The van der Waals surface area contributed by atoms with Crippen LogP contribution >= 0.6 is 15.9 Å². The van der Waals surface area contributed by atoms with Gasteiger partial charge in [0.15, 0.2) is 0 Å². The number of halogens is 1. The standard InChI is InChI=1S/C11H13BrN2O/c1-2-3-9(14)10-8(12)5-4-7(6-13)11(10)15/h4-5,9,15H,2-3,14H2,1H3/t9-/m0/s1. The summed E-state index contributed by atoms with van der Waals surface area (Å²) < 4.78 is 0.750. The van der Waals surface area contributed by atoms with E-state index in [1.54, 1.807) is 12.1 Å². The van der Waals surface area contributed by atoms with Gasteiger partial charge in [0.25, 0.3) is 0 Å². The second-order valence-electron chi connectivity index (χ2n) is 3.36. The molecule has 3 N–H and O–H groups in total. The molecule has 15 heavy (non-hydrogen) atoms. The maximum Gasteiger partial charge on any atom is 0.139 e. The molecule has 0 saturated carbocycles. The Morgan fingerprint density at radius 1 is 1.60 bits per heavy atom. The summed E-state index contributed by atoms with van der Waals surface area (Å²) in [5, 5.41) is 18.6. The van der Waals surface area contributed by atoms with E-state index in [1.807, 2.05) is 13.0 Å². The highest BCUT2D eigenvalue weighted by Gasteiger charge is 2.16. The van der Waals surface area contributed by atoms with Gasteiger partial charge in [0.1, 0.15) is 11.8 Å². The molecule has 3 nitrogen and oxygen atoms in total. The highest BCUT2D eigenvalue weighted by atomic mass is 79.9. The Balaban J connectivity index is 3.21. The van der Waals surface area contributed by atoms with Crippen molar-refractivity contribution in [1.82, 2.24) is 0 Å². The third kappa shape index (κ3) is 2.49. The SMILES string of the molecule is CCC[C@H](N)c1c(Br)ccc(C#N)c1O. The van der Waals surface area contributed by atoms with Gasteiger partial charge in [-0.3, -0.25) is 0 Å². The summed E-state index contributed by atoms with van der Waals surface area (Å²) in [6, 6.07) is 5.01. The largest absolute Gasteiger partial charge is 0.506 e. The number of phenols is 1. The average molecular weight is 269 g/mol. The predicted octanol–water partition coefficient (Wildman–Crippen LogP) is 2.83. The number of aromatic hydroxyl groups is 1. The van der Waals surface area contributed by atoms with Crippen molar-refractivity contribution in [3.63, 3.8) is 0 Å². The van der Waals surface area contributed by atoms with Gasteiger partial charge in [-0.25, -0.2) is 0 Å². The maximum absolute atomic E-state index is 9.83. The molecule has 0 aliphatic heterocycles. The Labute approximate surface area is 97.7 Å². The smallest absolute Gasteiger partial charge is 0.139 e. The van der Waals surface area contributed by atoms with Crippen LogP contribution in [0.25, 0.3) is 0 Å².